The lowest BCUT2D eigenvalue weighted by molar-refractivity contribution is -0.147. The third-order valence-corrected chi connectivity index (χ3v) is 8.54. The van der Waals surface area contributed by atoms with E-state index in [2.05, 4.69) is 98.2 Å². The molecule has 0 aliphatic carbocycles. The summed E-state index contributed by atoms with van der Waals surface area (Å²) in [6.45, 7) is 4.06. The monoisotopic (exact) mass is 722 g/mol. The van der Waals surface area contributed by atoms with Crippen LogP contribution in [0.15, 0.2) is 85.1 Å². The standard InChI is InChI=1S/C46H75NO5/c1-3-5-7-9-11-13-15-16-17-18-19-20-21-22-24-26-28-33-37-41-46(51)52-43(38-34-30-27-25-23-14-12-10-8-6-4-2)39-35-31-29-32-36-40-44(48)47-42-45(49)50/h5,7,11-14,16-17,19-20,25,27,34,38,43H,3-4,6,8-10,15,18,21-24,26,28-33,35-37,39-42H2,1-2H3,(H,47,48)(H,49,50)/b7-5-,13-11-,14-12-,17-16-,20-19-,27-25-,38-34-. The number of allylic oxidation sites excluding steroid dienone is 13. The van der Waals surface area contributed by atoms with Crippen molar-refractivity contribution in [1.29, 1.82) is 0 Å². The Labute approximate surface area is 318 Å². The summed E-state index contributed by atoms with van der Waals surface area (Å²) >= 11 is 0. The second-order valence-electron chi connectivity index (χ2n) is 13.5. The molecule has 0 radical (unpaired) electrons. The normalized spacial score (nSPS) is 13.0. The van der Waals surface area contributed by atoms with Crippen LogP contribution in [0, 0.1) is 0 Å². The highest BCUT2D eigenvalue weighted by Gasteiger charge is 2.11. The summed E-state index contributed by atoms with van der Waals surface area (Å²) in [6, 6.07) is 0. The molecule has 2 N–H and O–H groups in total. The molecule has 0 aromatic rings. The van der Waals surface area contributed by atoms with Crippen LogP contribution < -0.4 is 5.32 Å². The Kier molecular flexibility index (Phi) is 37.7. The van der Waals surface area contributed by atoms with Gasteiger partial charge in [0.1, 0.15) is 12.6 Å². The molecule has 0 aliphatic rings. The molecule has 1 amide bonds. The predicted octanol–water partition coefficient (Wildman–Crippen LogP) is 12.8. The van der Waals surface area contributed by atoms with E-state index in [1.807, 2.05) is 6.08 Å². The molecule has 0 rings (SSSR count). The van der Waals surface area contributed by atoms with E-state index in [9.17, 15) is 14.4 Å². The number of carboxylic acids is 1. The summed E-state index contributed by atoms with van der Waals surface area (Å²) in [6.07, 6.45) is 55.7. The number of aliphatic carboxylic acids is 1. The van der Waals surface area contributed by atoms with Crippen LogP contribution in [0.2, 0.25) is 0 Å². The molecule has 6 nitrogen and oxygen atoms in total. The Balaban J connectivity index is 4.29. The maximum atomic E-state index is 12.7. The first-order valence-electron chi connectivity index (χ1n) is 20.7. The van der Waals surface area contributed by atoms with E-state index in [0.29, 0.717) is 12.8 Å². The molecule has 1 atom stereocenters. The number of carbonyl (C=O) groups excluding carboxylic acids is 2. The van der Waals surface area contributed by atoms with E-state index < -0.39 is 5.97 Å². The Morgan fingerprint density at radius 3 is 1.56 bits per heavy atom. The zero-order valence-electron chi connectivity index (χ0n) is 33.1. The molecule has 1 unspecified atom stereocenters. The SMILES string of the molecule is CC/C=C\C/C=C\C/C=C\C/C=C\CCCCCCCCC(=O)OC(/C=C\C/C=C\C/C=C\CCCCC)CCCCCCCC(=O)NCC(=O)O. The molecule has 0 spiro atoms. The van der Waals surface area contributed by atoms with Crippen LogP contribution >= 0.6 is 0 Å². The van der Waals surface area contributed by atoms with E-state index in [4.69, 9.17) is 9.84 Å². The quantitative estimate of drug-likeness (QED) is 0.0382. The average Bonchev–Trinajstić information content (AvgIpc) is 3.13. The Morgan fingerprint density at radius 2 is 1.00 bits per heavy atom. The minimum Gasteiger partial charge on any atom is -0.480 e. The maximum Gasteiger partial charge on any atom is 0.322 e. The third-order valence-electron chi connectivity index (χ3n) is 8.54. The topological polar surface area (TPSA) is 92.7 Å². The molecule has 0 bridgehead atoms. The Hall–Kier alpha value is -3.41. The number of amides is 1. The molecular weight excluding hydrogens is 647 g/mol. The average molecular weight is 722 g/mol. The second kappa shape index (κ2) is 40.4. The van der Waals surface area contributed by atoms with Gasteiger partial charge >= 0.3 is 11.9 Å². The summed E-state index contributed by atoms with van der Waals surface area (Å²) < 4.78 is 5.90. The van der Waals surface area contributed by atoms with Crippen molar-refractivity contribution >= 4 is 17.8 Å². The molecule has 0 saturated heterocycles. The van der Waals surface area contributed by atoms with Crippen molar-refractivity contribution in [2.24, 2.45) is 0 Å². The number of carboxylic acid groups (broad SMARTS) is 1. The minimum atomic E-state index is -1.03. The van der Waals surface area contributed by atoms with Crippen molar-refractivity contribution in [3.05, 3.63) is 85.1 Å². The molecule has 294 valence electrons. The number of ether oxygens (including phenoxy) is 1. The van der Waals surface area contributed by atoms with E-state index in [1.54, 1.807) is 0 Å². The van der Waals surface area contributed by atoms with Crippen LogP contribution in [0.4, 0.5) is 0 Å². The highest BCUT2D eigenvalue weighted by molar-refractivity contribution is 5.80. The number of unbranched alkanes of at least 4 members (excludes halogenated alkanes) is 13. The lowest BCUT2D eigenvalue weighted by Gasteiger charge is -2.14. The van der Waals surface area contributed by atoms with Crippen molar-refractivity contribution in [2.75, 3.05) is 6.54 Å². The summed E-state index contributed by atoms with van der Waals surface area (Å²) in [7, 11) is 0. The first-order chi connectivity index (χ1) is 25.5. The second-order valence-corrected chi connectivity index (χ2v) is 13.5. The summed E-state index contributed by atoms with van der Waals surface area (Å²) in [5.74, 6) is -1.35. The zero-order chi connectivity index (χ0) is 38.0. The van der Waals surface area contributed by atoms with Crippen molar-refractivity contribution in [2.45, 2.75) is 180 Å². The number of rotatable bonds is 36. The van der Waals surface area contributed by atoms with E-state index in [0.717, 1.165) is 109 Å². The van der Waals surface area contributed by atoms with Crippen molar-refractivity contribution in [3.8, 4) is 0 Å². The number of hydrogen-bond donors (Lipinski definition) is 2. The Morgan fingerprint density at radius 1 is 0.538 bits per heavy atom. The molecule has 0 saturated carbocycles. The molecule has 0 aromatic carbocycles. The van der Waals surface area contributed by atoms with Crippen molar-refractivity contribution in [1.82, 2.24) is 5.32 Å². The van der Waals surface area contributed by atoms with Crippen LogP contribution in [0.3, 0.4) is 0 Å². The largest absolute Gasteiger partial charge is 0.480 e. The molecule has 0 heterocycles. The van der Waals surface area contributed by atoms with Gasteiger partial charge in [-0.15, -0.1) is 0 Å². The number of esters is 1. The van der Waals surface area contributed by atoms with Crippen LogP contribution in [0.5, 0.6) is 0 Å². The van der Waals surface area contributed by atoms with E-state index >= 15 is 0 Å². The lowest BCUT2D eigenvalue weighted by atomic mass is 10.1. The van der Waals surface area contributed by atoms with E-state index in [1.165, 1.54) is 38.5 Å². The van der Waals surface area contributed by atoms with Gasteiger partial charge in [-0.25, -0.2) is 0 Å². The van der Waals surface area contributed by atoms with Gasteiger partial charge in [0.2, 0.25) is 5.91 Å². The van der Waals surface area contributed by atoms with Crippen LogP contribution in [-0.2, 0) is 19.1 Å². The fraction of sp³-hybridized carbons (Fsp3) is 0.630. The predicted molar refractivity (Wildman–Crippen MR) is 221 cm³/mol. The minimum absolute atomic E-state index is 0.106. The van der Waals surface area contributed by atoms with Gasteiger partial charge in [-0.2, -0.15) is 0 Å². The smallest absolute Gasteiger partial charge is 0.322 e. The third kappa shape index (κ3) is 39.4. The lowest BCUT2D eigenvalue weighted by Crippen LogP contribution is -2.28. The van der Waals surface area contributed by atoms with Crippen LogP contribution in [0.1, 0.15) is 174 Å². The van der Waals surface area contributed by atoms with Crippen molar-refractivity contribution in [3.63, 3.8) is 0 Å². The first kappa shape index (κ1) is 48.6. The van der Waals surface area contributed by atoms with Crippen LogP contribution in [-0.4, -0.2) is 35.6 Å². The van der Waals surface area contributed by atoms with Gasteiger partial charge in [0, 0.05) is 12.8 Å². The maximum absolute atomic E-state index is 12.7. The van der Waals surface area contributed by atoms with Gasteiger partial charge in [-0.1, -0.05) is 151 Å². The number of nitrogens with one attached hydrogen (secondary N) is 1. The van der Waals surface area contributed by atoms with Crippen LogP contribution in [0.25, 0.3) is 0 Å². The van der Waals surface area contributed by atoms with Gasteiger partial charge in [0.25, 0.3) is 0 Å². The molecule has 0 aromatic heterocycles. The molecule has 0 fully saturated rings. The van der Waals surface area contributed by atoms with Gasteiger partial charge < -0.3 is 15.2 Å². The molecular formula is C46H75NO5. The summed E-state index contributed by atoms with van der Waals surface area (Å²) in [5.41, 5.74) is 0. The first-order valence-corrected chi connectivity index (χ1v) is 20.7. The van der Waals surface area contributed by atoms with Crippen molar-refractivity contribution < 1.29 is 24.2 Å². The fourth-order valence-electron chi connectivity index (χ4n) is 5.49. The van der Waals surface area contributed by atoms with E-state index in [-0.39, 0.29) is 24.5 Å². The number of carbonyl (C=O) groups is 3. The molecule has 6 heteroatoms. The van der Waals surface area contributed by atoms with Gasteiger partial charge in [0.15, 0.2) is 0 Å². The number of hydrogen-bond acceptors (Lipinski definition) is 4. The zero-order valence-corrected chi connectivity index (χ0v) is 33.1. The fourth-order valence-corrected chi connectivity index (χ4v) is 5.49. The summed E-state index contributed by atoms with van der Waals surface area (Å²) in [5, 5.41) is 11.1. The molecule has 0 aliphatic heterocycles. The Bertz CT molecular complexity index is 1060. The van der Waals surface area contributed by atoms with Gasteiger partial charge in [0.05, 0.1) is 0 Å². The van der Waals surface area contributed by atoms with Gasteiger partial charge in [-0.3, -0.25) is 14.4 Å². The highest BCUT2D eigenvalue weighted by Crippen LogP contribution is 2.15. The highest BCUT2D eigenvalue weighted by atomic mass is 16.5. The molecule has 52 heavy (non-hydrogen) atoms. The summed E-state index contributed by atoms with van der Waals surface area (Å²) in [4.78, 5) is 34.9. The van der Waals surface area contributed by atoms with Gasteiger partial charge in [-0.05, 0) is 96.0 Å².